The summed E-state index contributed by atoms with van der Waals surface area (Å²) in [6, 6.07) is 15.0. The first-order chi connectivity index (χ1) is 10.7. The summed E-state index contributed by atoms with van der Waals surface area (Å²) in [5.41, 5.74) is 5.28. The first-order valence-corrected chi connectivity index (χ1v) is 8.22. The van der Waals surface area contributed by atoms with E-state index >= 15 is 0 Å². The molecule has 0 saturated carbocycles. The molecule has 2 aromatic rings. The zero-order chi connectivity index (χ0) is 15.4. The van der Waals surface area contributed by atoms with E-state index in [1.165, 1.54) is 35.1 Å². The van der Waals surface area contributed by atoms with E-state index in [2.05, 4.69) is 61.6 Å². The van der Waals surface area contributed by atoms with Crippen molar-refractivity contribution in [2.24, 2.45) is 0 Å². The van der Waals surface area contributed by atoms with E-state index in [1.54, 1.807) is 0 Å². The van der Waals surface area contributed by atoms with Gasteiger partial charge >= 0.3 is 0 Å². The van der Waals surface area contributed by atoms with Crippen LogP contribution in [0.1, 0.15) is 41.0 Å². The molecule has 3 rings (SSSR count). The van der Waals surface area contributed by atoms with Crippen molar-refractivity contribution in [2.75, 3.05) is 13.1 Å². The number of nitrogens with one attached hydrogen (secondary N) is 1. The van der Waals surface area contributed by atoms with Crippen molar-refractivity contribution >= 4 is 0 Å². The third-order valence-electron chi connectivity index (χ3n) is 4.58. The van der Waals surface area contributed by atoms with Crippen LogP contribution in [0.4, 0.5) is 0 Å². The van der Waals surface area contributed by atoms with Crippen molar-refractivity contribution in [3.8, 4) is 5.75 Å². The maximum Gasteiger partial charge on any atom is 0.123 e. The molecule has 2 heteroatoms. The molecular weight excluding hydrogens is 270 g/mol. The van der Waals surface area contributed by atoms with Crippen LogP contribution in [0.2, 0.25) is 0 Å². The molecule has 1 heterocycles. The Labute approximate surface area is 133 Å². The normalized spacial score (nSPS) is 15.7. The number of rotatable bonds is 4. The van der Waals surface area contributed by atoms with Crippen LogP contribution in [0.3, 0.4) is 0 Å². The molecule has 0 aliphatic carbocycles. The molecule has 22 heavy (non-hydrogen) atoms. The predicted molar refractivity (Wildman–Crippen MR) is 91.5 cm³/mol. The Bertz CT molecular complexity index is 629. The molecule has 1 aliphatic heterocycles. The fourth-order valence-corrected chi connectivity index (χ4v) is 3.33. The summed E-state index contributed by atoms with van der Waals surface area (Å²) in [5, 5.41) is 3.44. The minimum absolute atomic E-state index is 0.637. The molecule has 1 aliphatic rings. The Kier molecular flexibility index (Phi) is 4.79. The summed E-state index contributed by atoms with van der Waals surface area (Å²) in [6.07, 6.45) is 2.45. The first kappa shape index (κ1) is 15.1. The summed E-state index contributed by atoms with van der Waals surface area (Å²) in [6.45, 7) is 7.20. The highest BCUT2D eigenvalue weighted by atomic mass is 16.5. The lowest BCUT2D eigenvalue weighted by molar-refractivity contribution is 0.303. The first-order valence-electron chi connectivity index (χ1n) is 8.22. The maximum atomic E-state index is 6.09. The molecular formula is C20H25NO. The van der Waals surface area contributed by atoms with Gasteiger partial charge in [0.2, 0.25) is 0 Å². The summed E-state index contributed by atoms with van der Waals surface area (Å²) in [4.78, 5) is 0. The lowest BCUT2D eigenvalue weighted by Crippen LogP contribution is -2.27. The predicted octanol–water partition coefficient (Wildman–Crippen LogP) is 4.35. The van der Waals surface area contributed by atoms with Gasteiger partial charge < -0.3 is 10.1 Å². The van der Waals surface area contributed by atoms with Gasteiger partial charge in [0.05, 0.1) is 0 Å². The monoisotopic (exact) mass is 295 g/mol. The van der Waals surface area contributed by atoms with Gasteiger partial charge in [-0.05, 0) is 68.5 Å². The van der Waals surface area contributed by atoms with Gasteiger partial charge in [-0.2, -0.15) is 0 Å². The maximum absolute atomic E-state index is 6.09. The van der Waals surface area contributed by atoms with Crippen molar-refractivity contribution in [3.05, 3.63) is 64.7 Å². The summed E-state index contributed by atoms with van der Waals surface area (Å²) < 4.78 is 6.09. The van der Waals surface area contributed by atoms with Crippen molar-refractivity contribution in [1.82, 2.24) is 5.32 Å². The summed E-state index contributed by atoms with van der Waals surface area (Å²) >= 11 is 0. The van der Waals surface area contributed by atoms with Crippen LogP contribution in [0.25, 0.3) is 0 Å². The number of aryl methyl sites for hydroxylation is 1. The van der Waals surface area contributed by atoms with E-state index in [-0.39, 0.29) is 0 Å². The van der Waals surface area contributed by atoms with Crippen LogP contribution in [-0.2, 0) is 6.61 Å². The highest BCUT2D eigenvalue weighted by molar-refractivity contribution is 5.41. The number of hydrogen-bond acceptors (Lipinski definition) is 2. The van der Waals surface area contributed by atoms with Crippen molar-refractivity contribution in [3.63, 3.8) is 0 Å². The van der Waals surface area contributed by atoms with Gasteiger partial charge in [-0.1, -0.05) is 42.0 Å². The smallest absolute Gasteiger partial charge is 0.123 e. The number of benzene rings is 2. The Hall–Kier alpha value is -1.80. The molecule has 1 saturated heterocycles. The quantitative estimate of drug-likeness (QED) is 0.905. The van der Waals surface area contributed by atoms with Crippen LogP contribution in [0.15, 0.2) is 42.5 Å². The number of piperidine rings is 1. The fraction of sp³-hybridized carbons (Fsp3) is 0.400. The van der Waals surface area contributed by atoms with E-state index in [1.807, 2.05) is 0 Å². The van der Waals surface area contributed by atoms with E-state index in [4.69, 9.17) is 4.74 Å². The van der Waals surface area contributed by atoms with Crippen molar-refractivity contribution in [2.45, 2.75) is 39.2 Å². The third kappa shape index (κ3) is 3.50. The average molecular weight is 295 g/mol. The van der Waals surface area contributed by atoms with Gasteiger partial charge in [0.1, 0.15) is 12.4 Å². The molecule has 0 atom stereocenters. The van der Waals surface area contributed by atoms with E-state index in [0.29, 0.717) is 12.5 Å². The molecule has 0 bridgehead atoms. The van der Waals surface area contributed by atoms with Crippen LogP contribution >= 0.6 is 0 Å². The van der Waals surface area contributed by atoms with Gasteiger partial charge in [-0.25, -0.2) is 0 Å². The zero-order valence-electron chi connectivity index (χ0n) is 13.6. The highest BCUT2D eigenvalue weighted by Gasteiger charge is 2.18. The van der Waals surface area contributed by atoms with Crippen molar-refractivity contribution in [1.29, 1.82) is 0 Å². The molecule has 2 aromatic carbocycles. The van der Waals surface area contributed by atoms with E-state index < -0.39 is 0 Å². The van der Waals surface area contributed by atoms with E-state index in [0.717, 1.165) is 18.8 Å². The Morgan fingerprint density at radius 3 is 2.59 bits per heavy atom. The Morgan fingerprint density at radius 2 is 1.82 bits per heavy atom. The van der Waals surface area contributed by atoms with Crippen molar-refractivity contribution < 1.29 is 4.74 Å². The molecule has 1 fully saturated rings. The summed E-state index contributed by atoms with van der Waals surface area (Å²) in [7, 11) is 0. The zero-order valence-corrected chi connectivity index (χ0v) is 13.6. The Balaban J connectivity index is 1.73. The van der Waals surface area contributed by atoms with Gasteiger partial charge in [0.15, 0.2) is 0 Å². The molecule has 2 nitrogen and oxygen atoms in total. The van der Waals surface area contributed by atoms with Gasteiger partial charge in [0, 0.05) is 0 Å². The SMILES string of the molecule is Cc1cccc(COc2cccc(C3CCNCC3)c2C)c1. The topological polar surface area (TPSA) is 21.3 Å². The largest absolute Gasteiger partial charge is 0.489 e. The number of hydrogen-bond donors (Lipinski definition) is 1. The van der Waals surface area contributed by atoms with Crippen LogP contribution in [0, 0.1) is 13.8 Å². The number of ether oxygens (including phenoxy) is 1. The van der Waals surface area contributed by atoms with Gasteiger partial charge in [0.25, 0.3) is 0 Å². The van der Waals surface area contributed by atoms with Crippen LogP contribution in [-0.4, -0.2) is 13.1 Å². The second-order valence-corrected chi connectivity index (χ2v) is 6.27. The minimum atomic E-state index is 0.637. The van der Waals surface area contributed by atoms with E-state index in [9.17, 15) is 0 Å². The molecule has 0 unspecified atom stereocenters. The van der Waals surface area contributed by atoms with Crippen LogP contribution < -0.4 is 10.1 Å². The highest BCUT2D eigenvalue weighted by Crippen LogP contribution is 2.32. The molecule has 0 spiro atoms. The van der Waals surface area contributed by atoms with Gasteiger partial charge in [-0.15, -0.1) is 0 Å². The minimum Gasteiger partial charge on any atom is -0.489 e. The lowest BCUT2D eigenvalue weighted by Gasteiger charge is -2.25. The molecule has 0 aromatic heterocycles. The molecule has 0 amide bonds. The average Bonchev–Trinajstić information content (AvgIpc) is 2.55. The standard InChI is InChI=1S/C20H25NO/c1-15-5-3-6-17(13-15)14-22-20-8-4-7-19(16(20)2)18-9-11-21-12-10-18/h3-8,13,18,21H,9-12,14H2,1-2H3. The fourth-order valence-electron chi connectivity index (χ4n) is 3.33. The molecule has 116 valence electrons. The second kappa shape index (κ2) is 6.97. The lowest BCUT2D eigenvalue weighted by atomic mass is 9.87. The molecule has 0 radical (unpaired) electrons. The second-order valence-electron chi connectivity index (χ2n) is 6.27. The summed E-state index contributed by atoms with van der Waals surface area (Å²) in [5.74, 6) is 1.70. The third-order valence-corrected chi connectivity index (χ3v) is 4.58. The van der Waals surface area contributed by atoms with Crippen LogP contribution in [0.5, 0.6) is 5.75 Å². The molecule has 1 N–H and O–H groups in total. The Morgan fingerprint density at radius 1 is 1.05 bits per heavy atom. The van der Waals surface area contributed by atoms with Gasteiger partial charge in [-0.3, -0.25) is 0 Å².